The van der Waals surface area contributed by atoms with Crippen molar-refractivity contribution in [3.8, 4) is 0 Å². The topological polar surface area (TPSA) is 9.23 Å². The van der Waals surface area contributed by atoms with E-state index in [1.165, 1.54) is 18.4 Å². The standard InChI is InChI=1S/C7H12O/c1-6(2)8-5-7-3-4-7/h5-6H,3-4H2,1-2H3. The van der Waals surface area contributed by atoms with E-state index in [-0.39, 0.29) is 0 Å². The molecule has 0 bridgehead atoms. The first kappa shape index (κ1) is 5.67. The summed E-state index contributed by atoms with van der Waals surface area (Å²) >= 11 is 0. The van der Waals surface area contributed by atoms with E-state index in [2.05, 4.69) is 0 Å². The lowest BCUT2D eigenvalue weighted by atomic mass is 10.5. The fourth-order valence-electron chi connectivity index (χ4n) is 0.422. The third-order valence-corrected chi connectivity index (χ3v) is 1.05. The van der Waals surface area contributed by atoms with E-state index in [4.69, 9.17) is 4.74 Å². The summed E-state index contributed by atoms with van der Waals surface area (Å²) < 4.78 is 5.20. The monoisotopic (exact) mass is 112 g/mol. The van der Waals surface area contributed by atoms with Gasteiger partial charge in [0.25, 0.3) is 0 Å². The summed E-state index contributed by atoms with van der Waals surface area (Å²) in [5.41, 5.74) is 1.46. The van der Waals surface area contributed by atoms with Crippen LogP contribution in [0.4, 0.5) is 0 Å². The minimum atomic E-state index is 0.350. The van der Waals surface area contributed by atoms with Gasteiger partial charge in [-0.1, -0.05) is 0 Å². The molecule has 0 aliphatic heterocycles. The van der Waals surface area contributed by atoms with Crippen LogP contribution in [0.1, 0.15) is 26.7 Å². The molecule has 0 N–H and O–H groups in total. The summed E-state index contributed by atoms with van der Waals surface area (Å²) in [6.45, 7) is 4.08. The Kier molecular flexibility index (Phi) is 1.56. The molecule has 1 nitrogen and oxygen atoms in total. The van der Waals surface area contributed by atoms with Crippen molar-refractivity contribution in [1.82, 2.24) is 0 Å². The molecule has 1 fully saturated rings. The Bertz CT molecular complexity index is 97.0. The van der Waals surface area contributed by atoms with Gasteiger partial charge in [0.2, 0.25) is 0 Å². The lowest BCUT2D eigenvalue weighted by molar-refractivity contribution is 0.178. The van der Waals surface area contributed by atoms with Crippen LogP contribution in [0.25, 0.3) is 0 Å². The molecule has 0 atom stereocenters. The maximum Gasteiger partial charge on any atom is 0.0922 e. The molecule has 1 heteroatoms. The molecule has 0 aromatic heterocycles. The molecular formula is C7H12O. The maximum atomic E-state index is 5.20. The summed E-state index contributed by atoms with van der Waals surface area (Å²) in [5, 5.41) is 0. The van der Waals surface area contributed by atoms with Crippen LogP contribution in [0.3, 0.4) is 0 Å². The first-order valence-corrected chi connectivity index (χ1v) is 3.12. The fraction of sp³-hybridized carbons (Fsp3) is 0.714. The van der Waals surface area contributed by atoms with Gasteiger partial charge in [-0.25, -0.2) is 0 Å². The van der Waals surface area contributed by atoms with Crippen molar-refractivity contribution < 1.29 is 4.74 Å². The molecule has 0 aromatic rings. The van der Waals surface area contributed by atoms with Gasteiger partial charge in [0.05, 0.1) is 12.4 Å². The molecule has 8 heavy (non-hydrogen) atoms. The summed E-state index contributed by atoms with van der Waals surface area (Å²) in [6.07, 6.45) is 4.76. The van der Waals surface area contributed by atoms with Gasteiger partial charge in [-0.3, -0.25) is 0 Å². The lowest BCUT2D eigenvalue weighted by Gasteiger charge is -2.00. The van der Waals surface area contributed by atoms with E-state index in [1.54, 1.807) is 0 Å². The normalized spacial score (nSPS) is 16.6. The number of rotatable bonds is 2. The van der Waals surface area contributed by atoms with E-state index < -0.39 is 0 Å². The fourth-order valence-corrected chi connectivity index (χ4v) is 0.422. The molecule has 1 aliphatic rings. The molecule has 0 spiro atoms. The van der Waals surface area contributed by atoms with Gasteiger partial charge in [-0.15, -0.1) is 0 Å². The van der Waals surface area contributed by atoms with Crippen molar-refractivity contribution in [2.45, 2.75) is 32.8 Å². The first-order chi connectivity index (χ1) is 3.79. The van der Waals surface area contributed by atoms with Crippen LogP contribution in [-0.2, 0) is 4.74 Å². The Morgan fingerprint density at radius 3 is 2.50 bits per heavy atom. The van der Waals surface area contributed by atoms with Crippen molar-refractivity contribution in [1.29, 1.82) is 0 Å². The highest BCUT2D eigenvalue weighted by Gasteiger charge is 2.10. The smallest absolute Gasteiger partial charge is 0.0922 e. The van der Waals surface area contributed by atoms with E-state index in [1.807, 2.05) is 20.1 Å². The molecule has 0 heterocycles. The molecule has 0 unspecified atom stereocenters. The van der Waals surface area contributed by atoms with Gasteiger partial charge in [0.15, 0.2) is 0 Å². The van der Waals surface area contributed by atoms with Crippen LogP contribution in [0.15, 0.2) is 11.8 Å². The van der Waals surface area contributed by atoms with Gasteiger partial charge in [0, 0.05) is 0 Å². The van der Waals surface area contributed by atoms with Gasteiger partial charge >= 0.3 is 0 Å². The van der Waals surface area contributed by atoms with Gasteiger partial charge < -0.3 is 4.74 Å². The molecule has 1 aliphatic carbocycles. The van der Waals surface area contributed by atoms with E-state index in [0.29, 0.717) is 6.10 Å². The zero-order chi connectivity index (χ0) is 5.98. The summed E-state index contributed by atoms with van der Waals surface area (Å²) in [6, 6.07) is 0. The van der Waals surface area contributed by atoms with Crippen molar-refractivity contribution >= 4 is 0 Å². The Balaban J connectivity index is 2.11. The zero-order valence-electron chi connectivity index (χ0n) is 5.48. The number of hydrogen-bond acceptors (Lipinski definition) is 1. The van der Waals surface area contributed by atoms with Crippen molar-refractivity contribution in [3.05, 3.63) is 11.8 Å². The van der Waals surface area contributed by atoms with Gasteiger partial charge in [-0.2, -0.15) is 0 Å². The Hall–Kier alpha value is -0.460. The molecular weight excluding hydrogens is 100 g/mol. The maximum absolute atomic E-state index is 5.20. The molecule has 1 rings (SSSR count). The first-order valence-electron chi connectivity index (χ1n) is 3.12. The van der Waals surface area contributed by atoms with Crippen molar-refractivity contribution in [3.63, 3.8) is 0 Å². The summed E-state index contributed by atoms with van der Waals surface area (Å²) in [5.74, 6) is 0. The van der Waals surface area contributed by atoms with Crippen LogP contribution < -0.4 is 0 Å². The number of hydrogen-bond donors (Lipinski definition) is 0. The highest BCUT2D eigenvalue weighted by atomic mass is 16.5. The lowest BCUT2D eigenvalue weighted by Crippen LogP contribution is -1.94. The van der Waals surface area contributed by atoms with E-state index in [0.717, 1.165) is 0 Å². The average Bonchev–Trinajstić information content (AvgIpc) is 2.41. The largest absolute Gasteiger partial charge is 0.499 e. The molecule has 0 aromatic carbocycles. The highest BCUT2D eigenvalue weighted by Crippen LogP contribution is 2.27. The van der Waals surface area contributed by atoms with Gasteiger partial charge in [0.1, 0.15) is 0 Å². The Labute approximate surface area is 50.3 Å². The highest BCUT2D eigenvalue weighted by molar-refractivity contribution is 5.13. The molecule has 0 radical (unpaired) electrons. The van der Waals surface area contributed by atoms with Crippen molar-refractivity contribution in [2.75, 3.05) is 0 Å². The number of allylic oxidation sites excluding steroid dienone is 1. The van der Waals surface area contributed by atoms with Crippen LogP contribution in [-0.4, -0.2) is 6.10 Å². The predicted octanol–water partition coefficient (Wildman–Crippen LogP) is 2.09. The molecule has 0 amide bonds. The van der Waals surface area contributed by atoms with Gasteiger partial charge in [-0.05, 0) is 32.3 Å². The van der Waals surface area contributed by atoms with E-state index in [9.17, 15) is 0 Å². The predicted molar refractivity (Wildman–Crippen MR) is 33.5 cm³/mol. The summed E-state index contributed by atoms with van der Waals surface area (Å²) in [4.78, 5) is 0. The molecule has 46 valence electrons. The Morgan fingerprint density at radius 1 is 1.50 bits per heavy atom. The molecule has 1 saturated carbocycles. The second-order valence-corrected chi connectivity index (χ2v) is 2.46. The Morgan fingerprint density at radius 2 is 2.12 bits per heavy atom. The second-order valence-electron chi connectivity index (χ2n) is 2.46. The summed E-state index contributed by atoms with van der Waals surface area (Å²) in [7, 11) is 0. The number of ether oxygens (including phenoxy) is 1. The zero-order valence-corrected chi connectivity index (χ0v) is 5.48. The van der Waals surface area contributed by atoms with E-state index >= 15 is 0 Å². The minimum Gasteiger partial charge on any atom is -0.499 e. The minimum absolute atomic E-state index is 0.350. The third-order valence-electron chi connectivity index (χ3n) is 1.05. The average molecular weight is 112 g/mol. The van der Waals surface area contributed by atoms with Crippen LogP contribution >= 0.6 is 0 Å². The SMILES string of the molecule is CC(C)OC=C1CC1. The molecule has 0 saturated heterocycles. The quantitative estimate of drug-likeness (QED) is 0.497. The van der Waals surface area contributed by atoms with Crippen LogP contribution in [0.5, 0.6) is 0 Å². The van der Waals surface area contributed by atoms with Crippen LogP contribution in [0.2, 0.25) is 0 Å². The van der Waals surface area contributed by atoms with Crippen molar-refractivity contribution in [2.24, 2.45) is 0 Å². The second kappa shape index (κ2) is 2.21. The third kappa shape index (κ3) is 2.01. The van der Waals surface area contributed by atoms with Crippen LogP contribution in [0, 0.1) is 0 Å².